The van der Waals surface area contributed by atoms with Gasteiger partial charge in [-0.3, -0.25) is 0 Å². The molecule has 0 spiro atoms. The molecule has 8 heteroatoms. The molecule has 2 unspecified atom stereocenters. The van der Waals surface area contributed by atoms with E-state index in [-0.39, 0.29) is 27.0 Å². The molecule has 1 heterocycles. The summed E-state index contributed by atoms with van der Waals surface area (Å²) in [6.45, 7) is 2.96. The molecule has 20 heavy (non-hydrogen) atoms. The summed E-state index contributed by atoms with van der Waals surface area (Å²) in [5.41, 5.74) is 5.48. The molecule has 2 rings (SSSR count). The Kier molecular flexibility index (Phi) is 4.68. The zero-order chi connectivity index (χ0) is 14.9. The maximum absolute atomic E-state index is 13.3. The van der Waals surface area contributed by atoms with E-state index in [9.17, 15) is 12.8 Å². The van der Waals surface area contributed by atoms with Gasteiger partial charge in [0.2, 0.25) is 10.0 Å². The van der Waals surface area contributed by atoms with Gasteiger partial charge in [0.05, 0.1) is 16.8 Å². The number of nitrogens with one attached hydrogen (secondary N) is 1. The van der Waals surface area contributed by atoms with Crippen LogP contribution in [0.2, 0.25) is 0 Å². The Balaban J connectivity index is 2.24. The second kappa shape index (κ2) is 5.97. The van der Waals surface area contributed by atoms with Gasteiger partial charge in [0.25, 0.3) is 0 Å². The van der Waals surface area contributed by atoms with E-state index in [1.807, 2.05) is 0 Å². The fourth-order valence-corrected chi connectivity index (χ4v) is 4.07. The number of nitrogens with two attached hydrogens (primary N) is 1. The monoisotopic (exact) mass is 366 g/mol. The van der Waals surface area contributed by atoms with Crippen LogP contribution >= 0.6 is 15.9 Å². The van der Waals surface area contributed by atoms with Crippen molar-refractivity contribution in [2.75, 3.05) is 18.9 Å². The minimum absolute atomic E-state index is 0.0592. The predicted octanol–water partition coefficient (Wildman–Crippen LogP) is 1.87. The molecule has 0 amide bonds. The van der Waals surface area contributed by atoms with Crippen LogP contribution in [0.1, 0.15) is 13.3 Å². The van der Waals surface area contributed by atoms with Crippen molar-refractivity contribution in [2.24, 2.45) is 5.92 Å². The van der Waals surface area contributed by atoms with Gasteiger partial charge >= 0.3 is 0 Å². The summed E-state index contributed by atoms with van der Waals surface area (Å²) in [6, 6.07) is 1.89. The first-order valence-corrected chi connectivity index (χ1v) is 8.43. The molecule has 2 atom stereocenters. The highest BCUT2D eigenvalue weighted by atomic mass is 79.9. The Morgan fingerprint density at radius 3 is 2.85 bits per heavy atom. The SMILES string of the molecule is CC(NS(=O)(=O)c1cc(Br)c(F)cc1N)C1CCOC1. The van der Waals surface area contributed by atoms with Crippen LogP contribution in [0, 0.1) is 11.7 Å². The maximum Gasteiger partial charge on any atom is 0.242 e. The van der Waals surface area contributed by atoms with Crippen LogP contribution < -0.4 is 10.5 Å². The van der Waals surface area contributed by atoms with E-state index < -0.39 is 15.8 Å². The van der Waals surface area contributed by atoms with Gasteiger partial charge < -0.3 is 10.5 Å². The minimum atomic E-state index is -3.79. The summed E-state index contributed by atoms with van der Waals surface area (Å²) in [7, 11) is -3.79. The molecule has 1 aliphatic rings. The van der Waals surface area contributed by atoms with E-state index >= 15 is 0 Å². The molecule has 1 fully saturated rings. The van der Waals surface area contributed by atoms with Crippen molar-refractivity contribution < 1.29 is 17.5 Å². The van der Waals surface area contributed by atoms with Crippen molar-refractivity contribution in [1.82, 2.24) is 4.72 Å². The van der Waals surface area contributed by atoms with Crippen molar-refractivity contribution in [3.05, 3.63) is 22.4 Å². The molecule has 0 aliphatic carbocycles. The van der Waals surface area contributed by atoms with Gasteiger partial charge in [-0.05, 0) is 41.4 Å². The Hall–Kier alpha value is -0.700. The Labute approximate surface area is 125 Å². The van der Waals surface area contributed by atoms with Crippen LogP contribution in [0.25, 0.3) is 0 Å². The molecule has 0 bridgehead atoms. The van der Waals surface area contributed by atoms with E-state index in [4.69, 9.17) is 10.5 Å². The number of nitrogen functional groups attached to an aromatic ring is 1. The lowest BCUT2D eigenvalue weighted by Crippen LogP contribution is -2.38. The molecule has 0 aromatic heterocycles. The summed E-state index contributed by atoms with van der Waals surface area (Å²) < 4.78 is 45.8. The molecule has 1 aromatic carbocycles. The first-order valence-electron chi connectivity index (χ1n) is 6.16. The first kappa shape index (κ1) is 15.7. The number of ether oxygens (including phenoxy) is 1. The Morgan fingerprint density at radius 2 is 2.25 bits per heavy atom. The van der Waals surface area contributed by atoms with E-state index in [0.717, 1.165) is 12.5 Å². The van der Waals surface area contributed by atoms with Gasteiger partial charge in [-0.2, -0.15) is 0 Å². The number of halogens is 2. The van der Waals surface area contributed by atoms with Gasteiger partial charge in [-0.25, -0.2) is 17.5 Å². The van der Waals surface area contributed by atoms with Gasteiger partial charge in [0, 0.05) is 18.6 Å². The van der Waals surface area contributed by atoms with Crippen molar-refractivity contribution in [2.45, 2.75) is 24.3 Å². The van der Waals surface area contributed by atoms with Crippen molar-refractivity contribution in [3.63, 3.8) is 0 Å². The maximum atomic E-state index is 13.3. The van der Waals surface area contributed by atoms with Crippen molar-refractivity contribution in [3.8, 4) is 0 Å². The first-order chi connectivity index (χ1) is 9.31. The molecule has 112 valence electrons. The van der Waals surface area contributed by atoms with Gasteiger partial charge in [-0.15, -0.1) is 0 Å². The van der Waals surface area contributed by atoms with Crippen molar-refractivity contribution in [1.29, 1.82) is 0 Å². The van der Waals surface area contributed by atoms with E-state index in [1.165, 1.54) is 6.07 Å². The number of hydrogen-bond donors (Lipinski definition) is 2. The fourth-order valence-electron chi connectivity index (χ4n) is 2.13. The highest BCUT2D eigenvalue weighted by Crippen LogP contribution is 2.27. The van der Waals surface area contributed by atoms with Crippen molar-refractivity contribution >= 4 is 31.6 Å². The lowest BCUT2D eigenvalue weighted by molar-refractivity contribution is 0.180. The molecular formula is C12H16BrFN2O3S. The van der Waals surface area contributed by atoms with E-state index in [2.05, 4.69) is 20.7 Å². The number of hydrogen-bond acceptors (Lipinski definition) is 4. The topological polar surface area (TPSA) is 81.4 Å². The molecule has 0 saturated carbocycles. The van der Waals surface area contributed by atoms with Crippen LogP contribution in [0.5, 0.6) is 0 Å². The van der Waals surface area contributed by atoms with Gasteiger partial charge in [-0.1, -0.05) is 0 Å². The van der Waals surface area contributed by atoms with E-state index in [0.29, 0.717) is 13.2 Å². The average molecular weight is 367 g/mol. The highest BCUT2D eigenvalue weighted by Gasteiger charge is 2.28. The molecule has 5 nitrogen and oxygen atoms in total. The summed E-state index contributed by atoms with van der Waals surface area (Å²) in [6.07, 6.45) is 0.812. The molecule has 0 radical (unpaired) electrons. The zero-order valence-corrected chi connectivity index (χ0v) is 13.3. The highest BCUT2D eigenvalue weighted by molar-refractivity contribution is 9.10. The number of sulfonamides is 1. The van der Waals surface area contributed by atoms with Crippen LogP contribution in [0.15, 0.2) is 21.5 Å². The lowest BCUT2D eigenvalue weighted by Gasteiger charge is -2.20. The largest absolute Gasteiger partial charge is 0.398 e. The molecule has 1 aromatic rings. The standard InChI is InChI=1S/C12H16BrFN2O3S/c1-7(8-2-3-19-6-8)16-20(17,18)12-4-9(13)10(14)5-11(12)15/h4-5,7-8,16H,2-3,6,15H2,1H3. The van der Waals surface area contributed by atoms with Crippen LogP contribution in [-0.4, -0.2) is 27.7 Å². The normalized spacial score (nSPS) is 21.1. The van der Waals surface area contributed by atoms with Crippen LogP contribution in [0.3, 0.4) is 0 Å². The average Bonchev–Trinajstić information content (AvgIpc) is 2.86. The second-order valence-electron chi connectivity index (χ2n) is 4.84. The van der Waals surface area contributed by atoms with E-state index in [1.54, 1.807) is 6.92 Å². The zero-order valence-electron chi connectivity index (χ0n) is 10.9. The Bertz CT molecular complexity index is 603. The molecule has 3 N–H and O–H groups in total. The summed E-state index contributed by atoms with van der Waals surface area (Å²) in [5, 5.41) is 0. The van der Waals surface area contributed by atoms with Crippen LogP contribution in [-0.2, 0) is 14.8 Å². The van der Waals surface area contributed by atoms with Crippen LogP contribution in [0.4, 0.5) is 10.1 Å². The number of benzene rings is 1. The smallest absolute Gasteiger partial charge is 0.242 e. The lowest BCUT2D eigenvalue weighted by atomic mass is 10.0. The fraction of sp³-hybridized carbons (Fsp3) is 0.500. The Morgan fingerprint density at radius 1 is 1.55 bits per heavy atom. The third-order valence-electron chi connectivity index (χ3n) is 3.36. The summed E-state index contributed by atoms with van der Waals surface area (Å²) in [4.78, 5) is -0.128. The second-order valence-corrected chi connectivity index (χ2v) is 7.37. The summed E-state index contributed by atoms with van der Waals surface area (Å²) >= 11 is 2.96. The molecule has 1 aliphatic heterocycles. The molecule has 1 saturated heterocycles. The molecular weight excluding hydrogens is 351 g/mol. The van der Waals surface area contributed by atoms with Gasteiger partial charge in [0.1, 0.15) is 10.7 Å². The van der Waals surface area contributed by atoms with Gasteiger partial charge in [0.15, 0.2) is 0 Å². The third-order valence-corrected chi connectivity index (χ3v) is 5.58. The predicted molar refractivity (Wildman–Crippen MR) is 77.2 cm³/mol. The number of rotatable bonds is 4. The summed E-state index contributed by atoms with van der Waals surface area (Å²) in [5.74, 6) is -0.464. The third kappa shape index (κ3) is 3.30. The quantitative estimate of drug-likeness (QED) is 0.797. The number of anilines is 1. The minimum Gasteiger partial charge on any atom is -0.398 e.